The lowest BCUT2D eigenvalue weighted by Crippen LogP contribution is -2.52. The molecule has 0 spiro atoms. The van der Waals surface area contributed by atoms with E-state index in [1.165, 1.54) is 12.4 Å². The van der Waals surface area contributed by atoms with Crippen LogP contribution in [0.5, 0.6) is 0 Å². The lowest BCUT2D eigenvalue weighted by Gasteiger charge is -2.41. The quantitative estimate of drug-likeness (QED) is 0.854. The number of rotatable bonds is 4. The largest absolute Gasteiger partial charge is 0.394 e. The Morgan fingerprint density at radius 1 is 1.39 bits per heavy atom. The molecule has 2 aromatic heterocycles. The molecule has 0 amide bonds. The molecule has 7 nitrogen and oxygen atoms in total. The second-order valence-electron chi connectivity index (χ2n) is 6.75. The van der Waals surface area contributed by atoms with Crippen molar-refractivity contribution in [2.45, 2.75) is 32.1 Å². The van der Waals surface area contributed by atoms with E-state index in [9.17, 15) is 23.2 Å². The molecule has 0 unspecified atom stereocenters. The second-order valence-corrected chi connectivity index (χ2v) is 6.75. The summed E-state index contributed by atoms with van der Waals surface area (Å²) in [5.74, 6) is 0. The lowest BCUT2D eigenvalue weighted by molar-refractivity contribution is -0.128. The van der Waals surface area contributed by atoms with E-state index in [-0.39, 0.29) is 17.3 Å². The van der Waals surface area contributed by atoms with Gasteiger partial charge in [0.15, 0.2) is 0 Å². The van der Waals surface area contributed by atoms with E-state index in [0.29, 0.717) is 37.4 Å². The molecular weight excluding hydrogens is 373 g/mol. The van der Waals surface area contributed by atoms with Gasteiger partial charge in [0.1, 0.15) is 11.6 Å². The smallest absolute Gasteiger partial charge is 0.364 e. The lowest BCUT2D eigenvalue weighted by atomic mass is 10.1. The fourth-order valence-corrected chi connectivity index (χ4v) is 3.45. The Hall–Kier alpha value is -2.93. The van der Waals surface area contributed by atoms with Gasteiger partial charge in [-0.1, -0.05) is 6.07 Å². The number of hydrogen-bond acceptors (Lipinski definition) is 6. The molecule has 0 radical (unpaired) electrons. The van der Waals surface area contributed by atoms with Crippen LogP contribution in [-0.4, -0.2) is 51.9 Å². The van der Waals surface area contributed by atoms with Gasteiger partial charge < -0.3 is 4.90 Å². The van der Waals surface area contributed by atoms with Crippen molar-refractivity contribution in [2.24, 2.45) is 0 Å². The number of alkyl halides is 3. The fraction of sp³-hybridized carbons (Fsp3) is 0.444. The fourth-order valence-electron chi connectivity index (χ4n) is 3.45. The van der Waals surface area contributed by atoms with Gasteiger partial charge >= 0.3 is 6.18 Å². The first-order chi connectivity index (χ1) is 13.3. The maximum atomic E-state index is 12.8. The number of hydrogen-bond donors (Lipinski definition) is 1. The van der Waals surface area contributed by atoms with Crippen molar-refractivity contribution in [3.8, 4) is 6.07 Å². The number of aromatic nitrogens is 3. The molecule has 3 heterocycles. The number of nitriles is 1. The predicted octanol–water partition coefficient (Wildman–Crippen LogP) is 1.85. The third kappa shape index (κ3) is 4.48. The minimum absolute atomic E-state index is 0.00928. The Morgan fingerprint density at radius 3 is 2.86 bits per heavy atom. The van der Waals surface area contributed by atoms with E-state index in [1.807, 2.05) is 22.8 Å². The monoisotopic (exact) mass is 392 g/mol. The van der Waals surface area contributed by atoms with Crippen LogP contribution >= 0.6 is 0 Å². The number of pyridine rings is 1. The number of anilines is 1. The topological polar surface area (TPSA) is 88.9 Å². The molecule has 0 aromatic carbocycles. The maximum absolute atomic E-state index is 12.8. The molecule has 28 heavy (non-hydrogen) atoms. The van der Waals surface area contributed by atoms with Crippen LogP contribution in [0.2, 0.25) is 0 Å². The van der Waals surface area contributed by atoms with E-state index in [4.69, 9.17) is 0 Å². The molecule has 0 aliphatic carbocycles. The van der Waals surface area contributed by atoms with E-state index < -0.39 is 18.2 Å². The van der Waals surface area contributed by atoms with Gasteiger partial charge in [-0.2, -0.15) is 23.5 Å². The van der Waals surface area contributed by atoms with Crippen LogP contribution in [0.1, 0.15) is 23.7 Å². The number of piperazine rings is 1. The highest BCUT2D eigenvalue weighted by atomic mass is 19.4. The van der Waals surface area contributed by atoms with Crippen LogP contribution in [0.4, 0.5) is 18.9 Å². The zero-order valence-corrected chi connectivity index (χ0v) is 15.2. The molecule has 0 saturated carbocycles. The molecule has 1 aliphatic rings. The van der Waals surface area contributed by atoms with Gasteiger partial charge in [0.25, 0.3) is 5.56 Å². The zero-order valence-electron chi connectivity index (χ0n) is 15.2. The van der Waals surface area contributed by atoms with Crippen molar-refractivity contribution in [3.63, 3.8) is 0 Å². The molecule has 1 fully saturated rings. The van der Waals surface area contributed by atoms with Crippen molar-refractivity contribution in [1.29, 1.82) is 5.26 Å². The number of halogens is 3. The van der Waals surface area contributed by atoms with Gasteiger partial charge in [0.05, 0.1) is 24.0 Å². The number of H-pyrrole nitrogens is 1. The van der Waals surface area contributed by atoms with Gasteiger partial charge in [0.2, 0.25) is 0 Å². The van der Waals surface area contributed by atoms with Crippen LogP contribution in [-0.2, 0) is 13.0 Å². The Bertz CT molecular complexity index is 936. The standard InChI is InChI=1S/C18H19F3N6O/c1-12-10-26(11-13-3-2-4-23-15(13)7-18(19,20)21)5-6-27(12)16-9-24-25-17(28)14(16)8-22/h2-4,9,12H,5-7,10-11H2,1H3,(H,25,28)/t12-/m1/s1. The van der Waals surface area contributed by atoms with E-state index in [2.05, 4.69) is 15.2 Å². The Balaban J connectivity index is 1.73. The minimum Gasteiger partial charge on any atom is -0.364 e. The summed E-state index contributed by atoms with van der Waals surface area (Å²) in [4.78, 5) is 19.7. The van der Waals surface area contributed by atoms with Crippen molar-refractivity contribution >= 4 is 5.69 Å². The Morgan fingerprint density at radius 2 is 2.18 bits per heavy atom. The van der Waals surface area contributed by atoms with Gasteiger partial charge in [-0.15, -0.1) is 0 Å². The molecule has 1 saturated heterocycles. The summed E-state index contributed by atoms with van der Waals surface area (Å²) in [6.45, 7) is 3.96. The van der Waals surface area contributed by atoms with Gasteiger partial charge in [-0.05, 0) is 18.6 Å². The number of nitrogens with zero attached hydrogens (tertiary/aromatic N) is 5. The molecular formula is C18H19F3N6O. The first-order valence-corrected chi connectivity index (χ1v) is 8.75. The second kappa shape index (κ2) is 7.98. The molecule has 2 aromatic rings. The van der Waals surface area contributed by atoms with Crippen molar-refractivity contribution in [2.75, 3.05) is 24.5 Å². The average molecular weight is 392 g/mol. The summed E-state index contributed by atoms with van der Waals surface area (Å²) < 4.78 is 38.4. The number of aromatic amines is 1. The Kier molecular flexibility index (Phi) is 5.65. The van der Waals surface area contributed by atoms with Crippen molar-refractivity contribution in [1.82, 2.24) is 20.1 Å². The van der Waals surface area contributed by atoms with Gasteiger partial charge in [0, 0.05) is 38.4 Å². The zero-order chi connectivity index (χ0) is 20.3. The molecule has 1 aliphatic heterocycles. The van der Waals surface area contributed by atoms with Crippen LogP contribution in [0.3, 0.4) is 0 Å². The molecule has 1 N–H and O–H groups in total. The van der Waals surface area contributed by atoms with E-state index in [1.54, 1.807) is 12.1 Å². The van der Waals surface area contributed by atoms with Gasteiger partial charge in [-0.3, -0.25) is 14.7 Å². The van der Waals surface area contributed by atoms with Crippen LogP contribution < -0.4 is 10.5 Å². The third-order valence-electron chi connectivity index (χ3n) is 4.72. The van der Waals surface area contributed by atoms with E-state index >= 15 is 0 Å². The highest BCUT2D eigenvalue weighted by Crippen LogP contribution is 2.25. The first kappa shape index (κ1) is 19.8. The van der Waals surface area contributed by atoms with E-state index in [0.717, 1.165) is 0 Å². The first-order valence-electron chi connectivity index (χ1n) is 8.75. The van der Waals surface area contributed by atoms with Crippen molar-refractivity contribution in [3.05, 3.63) is 51.7 Å². The van der Waals surface area contributed by atoms with Gasteiger partial charge in [-0.25, -0.2) is 5.10 Å². The third-order valence-corrected chi connectivity index (χ3v) is 4.72. The average Bonchev–Trinajstić information content (AvgIpc) is 2.62. The summed E-state index contributed by atoms with van der Waals surface area (Å²) in [5.41, 5.74) is 0.529. The maximum Gasteiger partial charge on any atom is 0.394 e. The normalized spacial score (nSPS) is 18.1. The van der Waals surface area contributed by atoms with Crippen molar-refractivity contribution < 1.29 is 13.2 Å². The minimum atomic E-state index is -4.31. The summed E-state index contributed by atoms with van der Waals surface area (Å²) in [6, 6.07) is 5.16. The molecule has 10 heteroatoms. The molecule has 3 rings (SSSR count). The van der Waals surface area contributed by atoms with Crippen LogP contribution in [0.25, 0.3) is 0 Å². The number of nitrogens with one attached hydrogen (secondary N) is 1. The van der Waals surface area contributed by atoms with Crippen LogP contribution in [0, 0.1) is 11.3 Å². The predicted molar refractivity (Wildman–Crippen MR) is 95.7 cm³/mol. The van der Waals surface area contributed by atoms with Crippen LogP contribution in [0.15, 0.2) is 29.3 Å². The summed E-state index contributed by atoms with van der Waals surface area (Å²) in [7, 11) is 0. The highest BCUT2D eigenvalue weighted by molar-refractivity contribution is 5.57. The summed E-state index contributed by atoms with van der Waals surface area (Å²) in [5, 5.41) is 15.3. The summed E-state index contributed by atoms with van der Waals surface area (Å²) >= 11 is 0. The highest BCUT2D eigenvalue weighted by Gasteiger charge is 2.31. The molecule has 148 valence electrons. The molecule has 1 atom stereocenters. The molecule has 0 bridgehead atoms. The Labute approximate surface area is 159 Å². The summed E-state index contributed by atoms with van der Waals surface area (Å²) in [6.07, 6.45) is -2.54. The SMILES string of the molecule is C[C@@H]1CN(Cc2cccnc2CC(F)(F)F)CCN1c1cn[nH]c(=O)c1C#N.